The number of nitrogens with one attached hydrogen (secondary N) is 1. The van der Waals surface area contributed by atoms with Crippen molar-refractivity contribution < 1.29 is 47.7 Å². The maximum atomic E-state index is 14.8. The predicted octanol–water partition coefficient (Wildman–Crippen LogP) is 4.88. The smallest absolute Gasteiger partial charge is 0.434 e. The average Bonchev–Trinajstić information content (AvgIpc) is 3.88. The topological polar surface area (TPSA) is 240 Å². The van der Waals surface area contributed by atoms with Gasteiger partial charge in [0.05, 0.1) is 58.2 Å². The van der Waals surface area contributed by atoms with Gasteiger partial charge in [0.2, 0.25) is 0 Å². The van der Waals surface area contributed by atoms with E-state index in [2.05, 4.69) is 15.7 Å². The summed E-state index contributed by atoms with van der Waals surface area (Å²) in [5.74, 6) is 1.23. The molecule has 3 fully saturated rings. The first kappa shape index (κ1) is 52.8. The van der Waals surface area contributed by atoms with Gasteiger partial charge in [0, 0.05) is 42.5 Å². The van der Waals surface area contributed by atoms with E-state index in [9.17, 15) is 34.3 Å². The number of nitrogens with zero attached hydrogens (tertiary/aromatic N) is 6. The number of fused-ring (bicyclic) bond motifs is 2. The second-order valence-electron chi connectivity index (χ2n) is 18.3. The molecule has 8 atom stereocenters. The maximum absolute atomic E-state index is 14.8. The van der Waals surface area contributed by atoms with E-state index in [0.29, 0.717) is 27.2 Å². The molecule has 0 spiro atoms. The Balaban J connectivity index is 1.17. The zero-order valence-electron chi connectivity index (χ0n) is 41.6. The number of benzene rings is 3. The molecule has 21 nitrogen and oxygen atoms in total. The molecule has 0 radical (unpaired) electrons. The number of aliphatic hydroxyl groups excluding tert-OH is 1. The Bertz CT molecular complexity index is 2940. The lowest BCUT2D eigenvalue weighted by Crippen LogP contribution is -2.54. The standard InChI is InChI=1S/C51H60N7O14P/c1-31(2)58(32(3)4)73(68-25-11-23-52)45-40-28-57(72-44(45)47(70-40)54-24-22-42(60)53-48(54)62)50(64)71-39-26-43(55-27-33(5)46(61)56(30-59)49(55)63)69-41(39)29-67-51(34-12-9-8-10-13-34,35-14-18-37(65-6)19-15-35)36-16-20-38(66-7)21-17-36/h8-10,12-22,24,27,31-32,39-41,43-45,47,59H,11,25-26,28-30H2,1-7H3,(H,53,60,62)/t39-,40+,41+,43+,44-,45+,47+,73?/m0/s1. The highest BCUT2D eigenvalue weighted by molar-refractivity contribution is 7.51. The van der Waals surface area contributed by atoms with Gasteiger partial charge < -0.3 is 38.1 Å². The Morgan fingerprint density at radius 3 is 2.11 bits per heavy atom. The number of hydroxylamine groups is 2. The molecule has 73 heavy (non-hydrogen) atoms. The van der Waals surface area contributed by atoms with Crippen molar-refractivity contribution >= 4 is 14.4 Å². The number of rotatable bonds is 19. The Hall–Kier alpha value is -6.47. The number of carbonyl (C=O) groups is 1. The molecule has 3 aliphatic heterocycles. The lowest BCUT2D eigenvalue weighted by atomic mass is 9.80. The van der Waals surface area contributed by atoms with Crippen LogP contribution in [0.1, 0.15) is 75.2 Å². The van der Waals surface area contributed by atoms with Gasteiger partial charge in [0.25, 0.3) is 11.1 Å². The minimum absolute atomic E-state index is 0.0395. The van der Waals surface area contributed by atoms with E-state index in [1.165, 1.54) is 34.5 Å². The maximum Gasteiger partial charge on any atom is 0.434 e. The van der Waals surface area contributed by atoms with E-state index < -0.39 is 91.8 Å². The van der Waals surface area contributed by atoms with Crippen LogP contribution in [0.2, 0.25) is 0 Å². The number of aromatic nitrogens is 4. The van der Waals surface area contributed by atoms with Crippen LogP contribution in [0.3, 0.4) is 0 Å². The van der Waals surface area contributed by atoms with Gasteiger partial charge in [-0.25, -0.2) is 19.0 Å². The van der Waals surface area contributed by atoms with Gasteiger partial charge >= 0.3 is 17.5 Å². The van der Waals surface area contributed by atoms with Crippen LogP contribution in [-0.2, 0) is 40.6 Å². The summed E-state index contributed by atoms with van der Waals surface area (Å²) in [6.07, 6.45) is -4.67. The number of aryl methyl sites for hydroxylation is 1. The van der Waals surface area contributed by atoms with Gasteiger partial charge in [-0.15, -0.1) is 0 Å². The monoisotopic (exact) mass is 1030 g/mol. The zero-order valence-corrected chi connectivity index (χ0v) is 42.5. The fourth-order valence-electron chi connectivity index (χ4n) is 9.82. The number of aliphatic hydroxyl groups is 1. The van der Waals surface area contributed by atoms with Crippen molar-refractivity contribution in [3.8, 4) is 17.6 Å². The van der Waals surface area contributed by atoms with Gasteiger partial charge in [-0.3, -0.25) is 33.2 Å². The lowest BCUT2D eigenvalue weighted by Gasteiger charge is -2.45. The number of aromatic amines is 1. The summed E-state index contributed by atoms with van der Waals surface area (Å²) >= 11 is 0. The third-order valence-corrected chi connectivity index (χ3v) is 16.1. The van der Waals surface area contributed by atoms with Gasteiger partial charge in [-0.1, -0.05) is 54.6 Å². The van der Waals surface area contributed by atoms with Crippen LogP contribution >= 0.6 is 8.30 Å². The average molecular weight is 1030 g/mol. The number of carbonyl (C=O) groups excluding carboxylic acids is 1. The fourth-order valence-corrected chi connectivity index (χ4v) is 12.5. The van der Waals surface area contributed by atoms with Crippen molar-refractivity contribution in [2.24, 2.45) is 0 Å². The number of H-pyrrole nitrogens is 1. The summed E-state index contributed by atoms with van der Waals surface area (Å²) in [7, 11) is 1.52. The molecule has 3 aromatic carbocycles. The fraction of sp³-hybridized carbons (Fsp3) is 0.451. The van der Waals surface area contributed by atoms with Crippen LogP contribution in [0.25, 0.3) is 0 Å². The molecule has 3 aliphatic rings. The van der Waals surface area contributed by atoms with Crippen LogP contribution in [-0.4, -0.2) is 116 Å². The van der Waals surface area contributed by atoms with Crippen LogP contribution in [0, 0.1) is 18.3 Å². The van der Waals surface area contributed by atoms with E-state index >= 15 is 0 Å². The summed E-state index contributed by atoms with van der Waals surface area (Å²) < 4.78 is 49.6. The molecule has 2 aromatic heterocycles. The van der Waals surface area contributed by atoms with Crippen LogP contribution in [0.5, 0.6) is 11.5 Å². The van der Waals surface area contributed by atoms with Crippen molar-refractivity contribution in [2.75, 3.05) is 34.0 Å². The summed E-state index contributed by atoms with van der Waals surface area (Å²) in [5.41, 5.74) is -2.50. The molecule has 388 valence electrons. The van der Waals surface area contributed by atoms with Crippen molar-refractivity contribution in [3.63, 3.8) is 0 Å². The molecule has 2 N–H and O–H groups in total. The molecular weight excluding hydrogens is 966 g/mol. The highest BCUT2D eigenvalue weighted by Crippen LogP contribution is 2.58. The summed E-state index contributed by atoms with van der Waals surface area (Å²) in [6, 6.07) is 27.6. The SMILES string of the molecule is COc1ccc(C(OC[C@H]2O[C@@H](n3cc(C)c(=O)n(CO)c3=O)C[C@@H]2OC(=O)N2C[C@H]3O[C@@H](n4ccc(=O)[nH]c4=O)[C@@H](O2)[C@@H]3P(OCCC#N)N(C(C)C)C(C)C)(c2ccccc2)c2ccc(OC)cc2)cc1. The molecule has 0 aliphatic carbocycles. The van der Waals surface area contributed by atoms with Crippen molar-refractivity contribution in [1.29, 1.82) is 5.26 Å². The minimum atomic E-state index is -1.62. The van der Waals surface area contributed by atoms with Gasteiger partial charge in [0.15, 0.2) is 6.23 Å². The largest absolute Gasteiger partial charge is 0.497 e. The number of hydrogen-bond donors (Lipinski definition) is 2. The molecule has 22 heteroatoms. The number of amides is 1. The van der Waals surface area contributed by atoms with Crippen LogP contribution in [0.4, 0.5) is 4.79 Å². The molecule has 8 rings (SSSR count). The summed E-state index contributed by atoms with van der Waals surface area (Å²) in [6.45, 7) is 8.37. The van der Waals surface area contributed by atoms with Gasteiger partial charge in [-0.05, 0) is 75.6 Å². The number of methoxy groups -OCH3 is 2. The minimum Gasteiger partial charge on any atom is -0.497 e. The van der Waals surface area contributed by atoms with E-state index in [-0.39, 0.29) is 50.2 Å². The quantitative estimate of drug-likeness (QED) is 0.0637. The Morgan fingerprint density at radius 1 is 0.904 bits per heavy atom. The number of ether oxygens (including phenoxy) is 6. The second-order valence-corrected chi connectivity index (χ2v) is 20.2. The van der Waals surface area contributed by atoms with Gasteiger partial charge in [-0.2, -0.15) is 10.3 Å². The molecule has 3 saturated heterocycles. The van der Waals surface area contributed by atoms with Crippen molar-refractivity contribution in [1.82, 2.24) is 28.4 Å². The first-order valence-corrected chi connectivity index (χ1v) is 25.2. The Labute approximate surface area is 421 Å². The number of hydrogen-bond acceptors (Lipinski definition) is 16. The summed E-state index contributed by atoms with van der Waals surface area (Å²) in [5, 5.41) is 20.6. The first-order chi connectivity index (χ1) is 35.1. The molecule has 5 heterocycles. The third-order valence-electron chi connectivity index (χ3n) is 13.1. The Morgan fingerprint density at radius 2 is 1.53 bits per heavy atom. The predicted molar refractivity (Wildman–Crippen MR) is 265 cm³/mol. The molecule has 0 saturated carbocycles. The van der Waals surface area contributed by atoms with E-state index in [4.69, 9.17) is 37.8 Å². The third kappa shape index (κ3) is 10.7. The number of nitriles is 1. The van der Waals surface area contributed by atoms with Crippen LogP contribution in [0.15, 0.2) is 117 Å². The Kier molecular flexibility index (Phi) is 16.5. The lowest BCUT2D eigenvalue weighted by molar-refractivity contribution is -0.199. The van der Waals surface area contributed by atoms with Gasteiger partial charge in [0.1, 0.15) is 56.7 Å². The molecular formula is C51H60N7O14P. The van der Waals surface area contributed by atoms with E-state index in [0.717, 1.165) is 10.6 Å². The molecule has 1 amide bonds. The highest BCUT2D eigenvalue weighted by Gasteiger charge is 2.59. The van der Waals surface area contributed by atoms with E-state index in [1.807, 2.05) is 107 Å². The van der Waals surface area contributed by atoms with Crippen LogP contribution < -0.4 is 32.0 Å². The summed E-state index contributed by atoms with van der Waals surface area (Å²) in [4.78, 5) is 75.9. The molecule has 2 bridgehead atoms. The van der Waals surface area contributed by atoms with Crippen molar-refractivity contribution in [3.05, 3.63) is 161 Å². The van der Waals surface area contributed by atoms with Crippen molar-refractivity contribution in [2.45, 2.75) is 114 Å². The second kappa shape index (κ2) is 22.7. The van der Waals surface area contributed by atoms with E-state index in [1.54, 1.807) is 14.2 Å². The first-order valence-electron chi connectivity index (χ1n) is 23.9. The highest BCUT2D eigenvalue weighted by atomic mass is 31.2. The molecule has 5 aromatic rings. The zero-order chi connectivity index (χ0) is 52.1. The molecule has 1 unspecified atom stereocenters. The normalized spacial score (nSPS) is 22.2.